The number of aryl methyl sites for hydroxylation is 3. The second-order valence-corrected chi connectivity index (χ2v) is 8.68. The number of hydrogen-bond acceptors (Lipinski definition) is 6. The first-order chi connectivity index (χ1) is 16.5. The fraction of sp³-hybridized carbons (Fsp3) is 0.222. The van der Waals surface area contributed by atoms with Crippen LogP contribution in [0.5, 0.6) is 0 Å². The van der Waals surface area contributed by atoms with Crippen LogP contribution >= 0.6 is 0 Å². The van der Waals surface area contributed by atoms with Gasteiger partial charge in [-0.3, -0.25) is 19.2 Å². The summed E-state index contributed by atoms with van der Waals surface area (Å²) in [5.41, 5.74) is 4.22. The summed E-state index contributed by atoms with van der Waals surface area (Å²) in [4.78, 5) is 67.1. The highest BCUT2D eigenvalue weighted by atomic mass is 16.5. The molecule has 1 aliphatic rings. The Balaban J connectivity index is 1.53. The number of imide groups is 1. The average molecular weight is 472 g/mol. The van der Waals surface area contributed by atoms with Crippen molar-refractivity contribution in [2.24, 2.45) is 0 Å². The van der Waals surface area contributed by atoms with Crippen LogP contribution in [0.15, 0.2) is 36.4 Å². The van der Waals surface area contributed by atoms with Crippen molar-refractivity contribution in [1.82, 2.24) is 4.98 Å². The summed E-state index contributed by atoms with van der Waals surface area (Å²) in [6, 6.07) is 9.60. The lowest BCUT2D eigenvalue weighted by Gasteiger charge is -2.17. The van der Waals surface area contributed by atoms with Gasteiger partial charge in [-0.25, -0.2) is 9.69 Å². The third-order valence-electron chi connectivity index (χ3n) is 6.13. The van der Waals surface area contributed by atoms with Crippen molar-refractivity contribution < 1.29 is 28.7 Å². The number of esters is 1. The number of anilines is 1. The number of ether oxygens (including phenoxy) is 1. The Labute approximate surface area is 201 Å². The Morgan fingerprint density at radius 1 is 0.914 bits per heavy atom. The maximum Gasteiger partial charge on any atom is 0.338 e. The summed E-state index contributed by atoms with van der Waals surface area (Å²) in [7, 11) is 0. The zero-order valence-electron chi connectivity index (χ0n) is 20.1. The molecule has 2 heterocycles. The van der Waals surface area contributed by atoms with Crippen molar-refractivity contribution in [2.45, 2.75) is 34.6 Å². The van der Waals surface area contributed by atoms with Gasteiger partial charge in [-0.2, -0.15) is 0 Å². The Hall–Kier alpha value is -4.33. The summed E-state index contributed by atoms with van der Waals surface area (Å²) in [6.07, 6.45) is 0. The quantitative estimate of drug-likeness (QED) is 0.325. The molecule has 1 aromatic heterocycles. The number of nitrogens with zero attached hydrogens (tertiary/aromatic N) is 1. The zero-order chi connectivity index (χ0) is 25.6. The molecule has 35 heavy (non-hydrogen) atoms. The summed E-state index contributed by atoms with van der Waals surface area (Å²) in [5.74, 6) is -2.45. The van der Waals surface area contributed by atoms with E-state index in [4.69, 9.17) is 4.74 Å². The molecule has 0 saturated heterocycles. The second-order valence-electron chi connectivity index (χ2n) is 8.68. The van der Waals surface area contributed by atoms with Gasteiger partial charge in [0.1, 0.15) is 0 Å². The molecule has 4 rings (SSSR count). The van der Waals surface area contributed by atoms with Crippen LogP contribution < -0.4 is 4.90 Å². The monoisotopic (exact) mass is 472 g/mol. The maximum atomic E-state index is 13.1. The standard InChI is InChI=1S/C27H24N2O6/c1-13-6-7-14(2)21(10-13)29-25(32)19-9-8-18(11-20(19)26(29)33)27(34)35-12-22(31)24-15(3)23(17(5)30)16(4)28-24/h6-11,28H,12H2,1-5H3. The van der Waals surface area contributed by atoms with E-state index < -0.39 is 30.2 Å². The lowest BCUT2D eigenvalue weighted by molar-refractivity contribution is 0.0473. The van der Waals surface area contributed by atoms with E-state index in [0.29, 0.717) is 22.5 Å². The molecule has 1 N–H and O–H groups in total. The first-order valence-electron chi connectivity index (χ1n) is 11.0. The molecule has 0 aliphatic carbocycles. The first-order valence-corrected chi connectivity index (χ1v) is 11.0. The molecule has 8 heteroatoms. The van der Waals surface area contributed by atoms with Gasteiger partial charge >= 0.3 is 5.97 Å². The fourth-order valence-electron chi connectivity index (χ4n) is 4.39. The Bertz CT molecular complexity index is 1450. The van der Waals surface area contributed by atoms with Gasteiger partial charge in [0, 0.05) is 11.3 Å². The van der Waals surface area contributed by atoms with Crippen LogP contribution in [0.3, 0.4) is 0 Å². The van der Waals surface area contributed by atoms with Gasteiger partial charge in [0.15, 0.2) is 12.4 Å². The van der Waals surface area contributed by atoms with Gasteiger partial charge in [0.25, 0.3) is 11.8 Å². The number of amides is 2. The number of Topliss-reactive ketones (excluding diaryl/α,β-unsaturated/α-hetero) is 2. The maximum absolute atomic E-state index is 13.1. The lowest BCUT2D eigenvalue weighted by atomic mass is 10.1. The number of carbonyl (C=O) groups is 5. The van der Waals surface area contributed by atoms with Crippen LogP contribution in [0.1, 0.15) is 81.2 Å². The number of benzene rings is 2. The molecular weight excluding hydrogens is 448 g/mol. The van der Waals surface area contributed by atoms with E-state index in [2.05, 4.69) is 4.98 Å². The van der Waals surface area contributed by atoms with Crippen molar-refractivity contribution in [3.8, 4) is 0 Å². The number of hydrogen-bond donors (Lipinski definition) is 1. The average Bonchev–Trinajstić information content (AvgIpc) is 3.25. The largest absolute Gasteiger partial charge is 0.454 e. The summed E-state index contributed by atoms with van der Waals surface area (Å²) in [6.45, 7) is 7.89. The molecule has 2 amide bonds. The van der Waals surface area contributed by atoms with E-state index in [0.717, 1.165) is 16.0 Å². The third-order valence-corrected chi connectivity index (χ3v) is 6.13. The number of carbonyl (C=O) groups excluding carboxylic acids is 5. The van der Waals surface area contributed by atoms with Crippen LogP contribution in [0.2, 0.25) is 0 Å². The normalized spacial score (nSPS) is 12.7. The van der Waals surface area contributed by atoms with Gasteiger partial charge in [-0.1, -0.05) is 12.1 Å². The molecule has 0 saturated carbocycles. The van der Waals surface area contributed by atoms with Crippen LogP contribution in [0.4, 0.5) is 5.69 Å². The molecule has 0 atom stereocenters. The number of H-pyrrole nitrogens is 1. The summed E-state index contributed by atoms with van der Waals surface area (Å²) >= 11 is 0. The Kier molecular flexibility index (Phi) is 5.98. The first kappa shape index (κ1) is 23.8. The third kappa shape index (κ3) is 4.07. The highest BCUT2D eigenvalue weighted by molar-refractivity contribution is 6.35. The SMILES string of the molecule is CC(=O)c1c(C)[nH]c(C(=O)COC(=O)c2ccc3c(c2)C(=O)N(c2cc(C)ccc2C)C3=O)c1C. The fourth-order valence-corrected chi connectivity index (χ4v) is 4.39. The van der Waals surface area contributed by atoms with E-state index in [-0.39, 0.29) is 28.2 Å². The number of fused-ring (bicyclic) bond motifs is 1. The second kappa shape index (κ2) is 8.79. The minimum absolute atomic E-state index is 0.0457. The van der Waals surface area contributed by atoms with E-state index in [1.54, 1.807) is 19.9 Å². The number of aromatic nitrogens is 1. The van der Waals surface area contributed by atoms with Gasteiger partial charge in [0.05, 0.1) is 28.1 Å². The van der Waals surface area contributed by atoms with Crippen LogP contribution in [0, 0.1) is 27.7 Å². The van der Waals surface area contributed by atoms with E-state index in [1.807, 2.05) is 26.0 Å². The van der Waals surface area contributed by atoms with Gasteiger partial charge in [-0.05, 0) is 75.6 Å². The van der Waals surface area contributed by atoms with E-state index >= 15 is 0 Å². The van der Waals surface area contributed by atoms with Gasteiger partial charge in [-0.15, -0.1) is 0 Å². The van der Waals surface area contributed by atoms with E-state index in [1.165, 1.54) is 25.1 Å². The van der Waals surface area contributed by atoms with Crippen LogP contribution in [-0.2, 0) is 4.74 Å². The van der Waals surface area contributed by atoms with E-state index in [9.17, 15) is 24.0 Å². The number of aromatic amines is 1. The molecule has 0 radical (unpaired) electrons. The summed E-state index contributed by atoms with van der Waals surface area (Å²) < 4.78 is 5.17. The lowest BCUT2D eigenvalue weighted by Crippen LogP contribution is -2.30. The molecule has 0 unspecified atom stereocenters. The number of rotatable bonds is 6. The summed E-state index contributed by atoms with van der Waals surface area (Å²) in [5, 5.41) is 0. The number of ketones is 2. The molecule has 1 aliphatic heterocycles. The smallest absolute Gasteiger partial charge is 0.338 e. The van der Waals surface area contributed by atoms with Crippen molar-refractivity contribution in [3.63, 3.8) is 0 Å². The minimum atomic E-state index is -0.806. The molecule has 0 bridgehead atoms. The molecule has 0 fully saturated rings. The molecule has 178 valence electrons. The Morgan fingerprint density at radius 3 is 2.26 bits per heavy atom. The van der Waals surface area contributed by atoms with Crippen molar-refractivity contribution in [3.05, 3.63) is 86.7 Å². The molecule has 0 spiro atoms. The van der Waals surface area contributed by atoms with Crippen LogP contribution in [-0.4, -0.2) is 40.9 Å². The predicted octanol–water partition coefficient (Wildman–Crippen LogP) is 4.29. The van der Waals surface area contributed by atoms with Crippen molar-refractivity contribution >= 4 is 35.0 Å². The van der Waals surface area contributed by atoms with Crippen molar-refractivity contribution in [2.75, 3.05) is 11.5 Å². The van der Waals surface area contributed by atoms with Gasteiger partial charge < -0.3 is 9.72 Å². The topological polar surface area (TPSA) is 114 Å². The molecular formula is C27H24N2O6. The highest BCUT2D eigenvalue weighted by Crippen LogP contribution is 2.32. The molecule has 8 nitrogen and oxygen atoms in total. The minimum Gasteiger partial charge on any atom is -0.454 e. The number of nitrogens with one attached hydrogen (secondary N) is 1. The van der Waals surface area contributed by atoms with Crippen LogP contribution in [0.25, 0.3) is 0 Å². The van der Waals surface area contributed by atoms with Gasteiger partial charge in [0.2, 0.25) is 5.78 Å². The molecule has 2 aromatic carbocycles. The van der Waals surface area contributed by atoms with Crippen molar-refractivity contribution in [1.29, 1.82) is 0 Å². The highest BCUT2D eigenvalue weighted by Gasteiger charge is 2.38. The zero-order valence-corrected chi connectivity index (χ0v) is 20.1. The Morgan fingerprint density at radius 2 is 1.60 bits per heavy atom. The molecule has 3 aromatic rings. The predicted molar refractivity (Wildman–Crippen MR) is 128 cm³/mol.